The van der Waals surface area contributed by atoms with Crippen molar-refractivity contribution in [2.24, 2.45) is 5.73 Å². The van der Waals surface area contributed by atoms with Gasteiger partial charge in [0, 0.05) is 12.5 Å². The second-order valence-electron chi connectivity index (χ2n) is 5.27. The van der Waals surface area contributed by atoms with Crippen molar-refractivity contribution in [3.05, 3.63) is 35.9 Å². The molecule has 0 bridgehead atoms. The molecule has 1 amide bonds. The molecule has 128 valence electrons. The SMILES string of the molecule is CCCNC(=O)C1(N)CC1c1ccccc1.O=C(O)C(F)(F)F. The van der Waals surface area contributed by atoms with Crippen LogP contribution in [0.15, 0.2) is 30.3 Å². The highest BCUT2D eigenvalue weighted by atomic mass is 19.4. The van der Waals surface area contributed by atoms with Crippen LogP contribution in [0.1, 0.15) is 31.2 Å². The quantitative estimate of drug-likeness (QED) is 0.786. The number of nitrogens with two attached hydrogens (primary N) is 1. The summed E-state index contributed by atoms with van der Waals surface area (Å²) >= 11 is 0. The molecule has 1 aliphatic carbocycles. The van der Waals surface area contributed by atoms with Crippen LogP contribution in [0, 0.1) is 0 Å². The van der Waals surface area contributed by atoms with Crippen molar-refractivity contribution in [1.29, 1.82) is 0 Å². The first-order chi connectivity index (χ1) is 10.6. The van der Waals surface area contributed by atoms with Crippen molar-refractivity contribution in [3.8, 4) is 0 Å². The summed E-state index contributed by atoms with van der Waals surface area (Å²) in [6, 6.07) is 10.0. The lowest BCUT2D eigenvalue weighted by Gasteiger charge is -2.11. The summed E-state index contributed by atoms with van der Waals surface area (Å²) in [7, 11) is 0. The number of carbonyl (C=O) groups excluding carboxylic acids is 1. The summed E-state index contributed by atoms with van der Waals surface area (Å²) < 4.78 is 31.7. The number of hydrogen-bond acceptors (Lipinski definition) is 3. The molecular weight excluding hydrogens is 313 g/mol. The van der Waals surface area contributed by atoms with Gasteiger partial charge in [0.1, 0.15) is 5.54 Å². The Hall–Kier alpha value is -2.09. The lowest BCUT2D eigenvalue weighted by molar-refractivity contribution is -0.192. The topological polar surface area (TPSA) is 92.4 Å². The molecular formula is C15H19F3N2O3. The van der Waals surface area contributed by atoms with Gasteiger partial charge in [0.2, 0.25) is 5.91 Å². The van der Waals surface area contributed by atoms with Crippen LogP contribution in [-0.4, -0.2) is 35.2 Å². The molecule has 23 heavy (non-hydrogen) atoms. The molecule has 2 unspecified atom stereocenters. The molecule has 0 aromatic heterocycles. The predicted octanol–water partition coefficient (Wildman–Crippen LogP) is 2.03. The van der Waals surface area contributed by atoms with E-state index in [-0.39, 0.29) is 11.8 Å². The highest BCUT2D eigenvalue weighted by molar-refractivity contribution is 5.91. The van der Waals surface area contributed by atoms with Crippen LogP contribution in [-0.2, 0) is 9.59 Å². The van der Waals surface area contributed by atoms with Crippen molar-refractivity contribution in [2.45, 2.75) is 37.4 Å². The Morgan fingerprint density at radius 3 is 2.30 bits per heavy atom. The monoisotopic (exact) mass is 332 g/mol. The molecule has 2 atom stereocenters. The number of nitrogens with one attached hydrogen (secondary N) is 1. The summed E-state index contributed by atoms with van der Waals surface area (Å²) in [5.41, 5.74) is 6.59. The average molecular weight is 332 g/mol. The van der Waals surface area contributed by atoms with Crippen LogP contribution in [0.5, 0.6) is 0 Å². The number of carboxylic acid groups (broad SMARTS) is 1. The Labute approximate surface area is 131 Å². The minimum atomic E-state index is -5.08. The third kappa shape index (κ3) is 5.24. The second-order valence-corrected chi connectivity index (χ2v) is 5.27. The van der Waals surface area contributed by atoms with Crippen LogP contribution >= 0.6 is 0 Å². The molecule has 2 rings (SSSR count). The van der Waals surface area contributed by atoms with Gasteiger partial charge in [0.15, 0.2) is 0 Å². The van der Waals surface area contributed by atoms with E-state index >= 15 is 0 Å². The summed E-state index contributed by atoms with van der Waals surface area (Å²) in [5, 5.41) is 10.00. The number of aliphatic carboxylic acids is 1. The number of alkyl halides is 3. The Morgan fingerprint density at radius 1 is 1.35 bits per heavy atom. The minimum Gasteiger partial charge on any atom is -0.475 e. The molecule has 0 aliphatic heterocycles. The lowest BCUT2D eigenvalue weighted by Crippen LogP contribution is -2.44. The van der Waals surface area contributed by atoms with E-state index in [0.717, 1.165) is 18.4 Å². The number of hydrogen-bond donors (Lipinski definition) is 3. The van der Waals surface area contributed by atoms with E-state index in [0.29, 0.717) is 6.54 Å². The van der Waals surface area contributed by atoms with Gasteiger partial charge < -0.3 is 16.2 Å². The van der Waals surface area contributed by atoms with E-state index < -0.39 is 17.7 Å². The van der Waals surface area contributed by atoms with E-state index in [1.54, 1.807) is 0 Å². The van der Waals surface area contributed by atoms with Gasteiger partial charge in [-0.25, -0.2) is 4.79 Å². The van der Waals surface area contributed by atoms with Crippen molar-refractivity contribution >= 4 is 11.9 Å². The molecule has 1 aliphatic rings. The van der Waals surface area contributed by atoms with E-state index in [4.69, 9.17) is 15.6 Å². The predicted molar refractivity (Wildman–Crippen MR) is 77.7 cm³/mol. The number of halogens is 3. The average Bonchev–Trinajstić information content (AvgIpc) is 3.19. The zero-order valence-corrected chi connectivity index (χ0v) is 12.6. The summed E-state index contributed by atoms with van der Waals surface area (Å²) in [6.07, 6.45) is -3.38. The summed E-state index contributed by atoms with van der Waals surface area (Å²) in [6.45, 7) is 2.74. The highest BCUT2D eigenvalue weighted by Crippen LogP contribution is 2.49. The number of amides is 1. The van der Waals surface area contributed by atoms with Gasteiger partial charge >= 0.3 is 12.1 Å². The van der Waals surface area contributed by atoms with Gasteiger partial charge in [-0.3, -0.25) is 4.79 Å². The van der Waals surface area contributed by atoms with Crippen LogP contribution < -0.4 is 11.1 Å². The fourth-order valence-corrected chi connectivity index (χ4v) is 2.03. The van der Waals surface area contributed by atoms with Gasteiger partial charge in [-0.15, -0.1) is 0 Å². The lowest BCUT2D eigenvalue weighted by atomic mass is 10.1. The number of carboxylic acids is 1. The standard InChI is InChI=1S/C13H18N2O.C2HF3O2/c1-2-8-15-12(16)13(14)9-11(13)10-6-4-3-5-7-10;3-2(4,5)1(6)7/h3-7,11H,2,8-9,14H2,1H3,(H,15,16);(H,6,7). The Bertz CT molecular complexity index is 549. The number of carbonyl (C=O) groups is 2. The fraction of sp³-hybridized carbons (Fsp3) is 0.467. The largest absolute Gasteiger partial charge is 0.490 e. The summed E-state index contributed by atoms with van der Waals surface area (Å²) in [4.78, 5) is 20.7. The van der Waals surface area contributed by atoms with E-state index in [1.165, 1.54) is 0 Å². The Balaban J connectivity index is 0.000000322. The Morgan fingerprint density at radius 2 is 1.87 bits per heavy atom. The van der Waals surface area contributed by atoms with Crippen molar-refractivity contribution < 1.29 is 27.9 Å². The first-order valence-corrected chi connectivity index (χ1v) is 7.05. The molecule has 1 aromatic carbocycles. The summed E-state index contributed by atoms with van der Waals surface area (Å²) in [5.74, 6) is -2.58. The molecule has 5 nitrogen and oxygen atoms in total. The van der Waals surface area contributed by atoms with Crippen molar-refractivity contribution in [3.63, 3.8) is 0 Å². The first-order valence-electron chi connectivity index (χ1n) is 7.05. The molecule has 8 heteroatoms. The molecule has 1 saturated carbocycles. The normalized spacial score (nSPS) is 22.6. The first kappa shape index (κ1) is 19.0. The molecule has 1 aromatic rings. The van der Waals surface area contributed by atoms with Crippen molar-refractivity contribution in [1.82, 2.24) is 5.32 Å². The van der Waals surface area contributed by atoms with E-state index in [2.05, 4.69) is 5.32 Å². The van der Waals surface area contributed by atoms with E-state index in [1.807, 2.05) is 37.3 Å². The molecule has 0 radical (unpaired) electrons. The van der Waals surface area contributed by atoms with Crippen LogP contribution in [0.3, 0.4) is 0 Å². The number of benzene rings is 1. The van der Waals surface area contributed by atoms with Gasteiger partial charge in [-0.05, 0) is 18.4 Å². The van der Waals surface area contributed by atoms with Crippen LogP contribution in [0.4, 0.5) is 13.2 Å². The molecule has 1 fully saturated rings. The molecule has 0 heterocycles. The van der Waals surface area contributed by atoms with E-state index in [9.17, 15) is 18.0 Å². The zero-order valence-electron chi connectivity index (χ0n) is 12.6. The van der Waals surface area contributed by atoms with Crippen LogP contribution in [0.2, 0.25) is 0 Å². The molecule has 0 saturated heterocycles. The fourth-order valence-electron chi connectivity index (χ4n) is 2.03. The van der Waals surface area contributed by atoms with Gasteiger partial charge in [-0.1, -0.05) is 37.3 Å². The van der Waals surface area contributed by atoms with Gasteiger partial charge in [-0.2, -0.15) is 13.2 Å². The highest BCUT2D eigenvalue weighted by Gasteiger charge is 2.57. The zero-order chi connectivity index (χ0) is 17.7. The Kier molecular flexibility index (Phi) is 6.14. The number of rotatable bonds is 4. The third-order valence-electron chi connectivity index (χ3n) is 3.41. The maximum Gasteiger partial charge on any atom is 0.490 e. The van der Waals surface area contributed by atoms with Gasteiger partial charge in [0.25, 0.3) is 0 Å². The molecule has 4 N–H and O–H groups in total. The third-order valence-corrected chi connectivity index (χ3v) is 3.41. The van der Waals surface area contributed by atoms with Crippen LogP contribution in [0.25, 0.3) is 0 Å². The van der Waals surface area contributed by atoms with Crippen molar-refractivity contribution in [2.75, 3.05) is 6.54 Å². The molecule has 0 spiro atoms. The van der Waals surface area contributed by atoms with Gasteiger partial charge in [0.05, 0.1) is 0 Å². The smallest absolute Gasteiger partial charge is 0.475 e. The second kappa shape index (κ2) is 7.45. The minimum absolute atomic E-state index is 0.0109. The maximum atomic E-state index is 11.8. The maximum absolute atomic E-state index is 11.8.